The second kappa shape index (κ2) is 12.1. The molecule has 1 aromatic heterocycles. The van der Waals surface area contributed by atoms with E-state index in [-0.39, 0.29) is 53.0 Å². The first-order chi connectivity index (χ1) is 21.1. The average molecular weight is 607 g/mol. The average Bonchev–Trinajstić information content (AvgIpc) is 3.03. The number of aliphatic hydroxyl groups excluding tert-OH is 4. The van der Waals surface area contributed by atoms with Crippen molar-refractivity contribution in [2.24, 2.45) is 17.8 Å². The first-order valence-electron chi connectivity index (χ1n) is 15.2. The highest BCUT2D eigenvalue weighted by atomic mass is 16.7. The van der Waals surface area contributed by atoms with Crippen LogP contribution >= 0.6 is 0 Å². The van der Waals surface area contributed by atoms with Crippen LogP contribution in [0.15, 0.2) is 60.0 Å². The summed E-state index contributed by atoms with van der Waals surface area (Å²) in [5, 5.41) is 54.7. The lowest BCUT2D eigenvalue weighted by atomic mass is 9.68. The van der Waals surface area contributed by atoms with Gasteiger partial charge in [-0.3, -0.25) is 9.59 Å². The Morgan fingerprint density at radius 2 is 1.84 bits per heavy atom. The molecule has 0 radical (unpaired) electrons. The third kappa shape index (κ3) is 5.33. The number of carbonyl (C=O) groups is 2. The molecule has 44 heavy (non-hydrogen) atoms. The Bertz CT molecular complexity index is 1500. The number of ether oxygens (including phenoxy) is 2. The summed E-state index contributed by atoms with van der Waals surface area (Å²) in [7, 11) is 0. The number of benzene rings is 1. The number of Topliss-reactive ketones (excluding diaryl/α,β-unsaturated/α-hetero) is 2. The van der Waals surface area contributed by atoms with Gasteiger partial charge in [-0.25, -0.2) is 4.98 Å². The molecular formula is C33H38N2O9. The highest BCUT2D eigenvalue weighted by molar-refractivity contribution is 6.19. The molecule has 0 amide bonds. The monoisotopic (exact) mass is 606 g/mol. The molecule has 0 bridgehead atoms. The topological polar surface area (TPSA) is 193 Å². The first kappa shape index (κ1) is 30.4. The summed E-state index contributed by atoms with van der Waals surface area (Å²) >= 11 is 0. The predicted octanol–water partition coefficient (Wildman–Crippen LogP) is 2.42. The van der Waals surface area contributed by atoms with Crippen LogP contribution in [-0.4, -0.2) is 78.9 Å². The van der Waals surface area contributed by atoms with E-state index in [9.17, 15) is 35.1 Å². The number of carbonyl (C=O) groups excluding carboxylic acids is 2. The molecule has 2 heterocycles. The van der Waals surface area contributed by atoms with Gasteiger partial charge in [0.05, 0.1) is 24.0 Å². The van der Waals surface area contributed by atoms with E-state index in [0.29, 0.717) is 5.56 Å². The molecule has 4 aliphatic rings. The number of allylic oxidation sites excluding steroid dienone is 4. The summed E-state index contributed by atoms with van der Waals surface area (Å²) in [6.45, 7) is -0.694. The number of fused-ring (bicyclic) bond motifs is 2. The number of aliphatic hydroxyl groups is 5. The Balaban J connectivity index is 1.28. The minimum absolute atomic E-state index is 0.0634. The summed E-state index contributed by atoms with van der Waals surface area (Å²) in [5.74, 6) is -2.54. The van der Waals surface area contributed by atoms with Crippen molar-refractivity contribution in [2.45, 2.75) is 75.1 Å². The quantitative estimate of drug-likeness (QED) is 0.271. The lowest BCUT2D eigenvalue weighted by Crippen LogP contribution is -2.68. The van der Waals surface area contributed by atoms with Crippen LogP contribution < -0.4 is 10.5 Å². The molecular weight excluding hydrogens is 568 g/mol. The lowest BCUT2D eigenvalue weighted by molar-refractivity contribution is -0.315. The third-order valence-corrected chi connectivity index (χ3v) is 9.59. The minimum atomic E-state index is -2.18. The van der Waals surface area contributed by atoms with E-state index in [1.165, 1.54) is 24.4 Å². The van der Waals surface area contributed by atoms with Crippen LogP contribution in [0.5, 0.6) is 5.75 Å². The number of rotatable bonds is 7. The van der Waals surface area contributed by atoms with E-state index in [1.807, 2.05) is 6.08 Å². The normalized spacial score (nSPS) is 32.4. The van der Waals surface area contributed by atoms with Gasteiger partial charge in [-0.15, -0.1) is 0 Å². The third-order valence-electron chi connectivity index (χ3n) is 9.59. The van der Waals surface area contributed by atoms with Crippen LogP contribution in [0.3, 0.4) is 0 Å². The number of pyridine rings is 1. The van der Waals surface area contributed by atoms with Crippen molar-refractivity contribution >= 4 is 17.4 Å². The maximum atomic E-state index is 13.9. The maximum absolute atomic E-state index is 13.9. The molecule has 7 unspecified atom stereocenters. The second-order valence-corrected chi connectivity index (χ2v) is 12.3. The van der Waals surface area contributed by atoms with Crippen molar-refractivity contribution in [1.82, 2.24) is 4.98 Å². The number of hydrogen-bond donors (Lipinski definition) is 6. The van der Waals surface area contributed by atoms with Gasteiger partial charge in [0.1, 0.15) is 41.2 Å². The van der Waals surface area contributed by atoms with Crippen molar-refractivity contribution in [3.05, 3.63) is 76.7 Å². The number of aromatic nitrogens is 1. The molecule has 1 saturated heterocycles. The molecule has 7 N–H and O–H groups in total. The molecule has 1 aromatic carbocycles. The van der Waals surface area contributed by atoms with Crippen LogP contribution in [0.4, 0.5) is 5.82 Å². The molecule has 2 aromatic rings. The molecule has 7 atom stereocenters. The van der Waals surface area contributed by atoms with Gasteiger partial charge in [0.15, 0.2) is 11.6 Å². The Morgan fingerprint density at radius 3 is 2.57 bits per heavy atom. The molecule has 1 saturated carbocycles. The van der Waals surface area contributed by atoms with Gasteiger partial charge < -0.3 is 40.7 Å². The Morgan fingerprint density at radius 1 is 1.07 bits per heavy atom. The smallest absolute Gasteiger partial charge is 0.229 e. The van der Waals surface area contributed by atoms with Crippen LogP contribution in [0, 0.1) is 17.8 Å². The highest BCUT2D eigenvalue weighted by Gasteiger charge is 2.56. The summed E-state index contributed by atoms with van der Waals surface area (Å²) in [6.07, 6.45) is 3.82. The number of hydrogen-bond acceptors (Lipinski definition) is 11. The summed E-state index contributed by atoms with van der Waals surface area (Å²) in [5.41, 5.74) is 5.22. The van der Waals surface area contributed by atoms with Gasteiger partial charge in [-0.1, -0.05) is 37.5 Å². The number of aryl methyl sites for hydroxylation is 1. The van der Waals surface area contributed by atoms with Crippen LogP contribution in [-0.2, 0) is 11.2 Å². The van der Waals surface area contributed by atoms with Gasteiger partial charge in [0, 0.05) is 11.8 Å². The van der Waals surface area contributed by atoms with Crippen LogP contribution in [0.1, 0.15) is 64.8 Å². The van der Waals surface area contributed by atoms with E-state index in [0.717, 1.165) is 37.7 Å². The largest absolute Gasteiger partial charge is 0.511 e. The number of anilines is 1. The van der Waals surface area contributed by atoms with Gasteiger partial charge >= 0.3 is 0 Å². The van der Waals surface area contributed by atoms with Crippen molar-refractivity contribution in [1.29, 1.82) is 0 Å². The van der Waals surface area contributed by atoms with Crippen molar-refractivity contribution in [3.8, 4) is 5.75 Å². The Hall–Kier alpha value is -3.61. The van der Waals surface area contributed by atoms with Crippen LogP contribution in [0.2, 0.25) is 0 Å². The zero-order valence-electron chi connectivity index (χ0n) is 24.2. The summed E-state index contributed by atoms with van der Waals surface area (Å²) in [6, 6.07) is 7.79. The molecule has 2 fully saturated rings. The SMILES string of the molecule is Nc1cc(CCC2(O)C(O)C(CO)OC(Oc3cccc4c3C(=O)C3C(O)=CC(C5CCCCC5)=CC3C4=O)C2O)ccn1. The van der Waals surface area contributed by atoms with E-state index >= 15 is 0 Å². The van der Waals surface area contributed by atoms with E-state index < -0.39 is 54.4 Å². The van der Waals surface area contributed by atoms with E-state index in [4.69, 9.17) is 15.2 Å². The van der Waals surface area contributed by atoms with Gasteiger partial charge in [0.25, 0.3) is 0 Å². The predicted molar refractivity (Wildman–Crippen MR) is 158 cm³/mol. The van der Waals surface area contributed by atoms with Crippen molar-refractivity contribution < 1.29 is 44.6 Å². The standard InChI is InChI=1S/C33H38N2O9/c34-25-13-17(10-12-35-25)9-11-33(42)30(40)24(16-36)44-32(31(33)41)43-23-8-4-7-20-27(23)29(39)26-21(28(20)38)14-19(15-22(26)37)18-5-2-1-3-6-18/h4,7-8,10,12-15,18,21,24,26,30-32,36-37,40-42H,1-3,5-6,9,11,16H2,(H2,34,35). The van der Waals surface area contributed by atoms with E-state index in [2.05, 4.69) is 4.98 Å². The van der Waals surface area contributed by atoms with Crippen molar-refractivity contribution in [2.75, 3.05) is 12.3 Å². The molecule has 234 valence electrons. The number of nitrogen functional groups attached to an aromatic ring is 1. The minimum Gasteiger partial charge on any atom is -0.511 e. The number of nitrogens with zero attached hydrogens (tertiary/aromatic N) is 1. The van der Waals surface area contributed by atoms with Crippen molar-refractivity contribution in [3.63, 3.8) is 0 Å². The Labute approximate surface area is 254 Å². The fraction of sp³-hybridized carbons (Fsp3) is 0.485. The van der Waals surface area contributed by atoms with E-state index in [1.54, 1.807) is 18.2 Å². The summed E-state index contributed by atoms with van der Waals surface area (Å²) in [4.78, 5) is 31.6. The Kier molecular flexibility index (Phi) is 8.33. The van der Waals surface area contributed by atoms with Crippen LogP contribution in [0.25, 0.3) is 0 Å². The maximum Gasteiger partial charge on any atom is 0.229 e. The van der Waals surface area contributed by atoms with Gasteiger partial charge in [0.2, 0.25) is 6.29 Å². The second-order valence-electron chi connectivity index (χ2n) is 12.3. The molecule has 3 aliphatic carbocycles. The number of ketones is 2. The summed E-state index contributed by atoms with van der Waals surface area (Å²) < 4.78 is 11.7. The molecule has 11 nitrogen and oxygen atoms in total. The zero-order chi connectivity index (χ0) is 31.2. The molecule has 11 heteroatoms. The fourth-order valence-electron chi connectivity index (χ4n) is 7.14. The first-order valence-corrected chi connectivity index (χ1v) is 15.2. The molecule has 6 rings (SSSR count). The zero-order valence-corrected chi connectivity index (χ0v) is 24.2. The lowest BCUT2D eigenvalue weighted by Gasteiger charge is -2.48. The molecule has 0 spiro atoms. The number of nitrogens with two attached hydrogens (primary N) is 1. The van der Waals surface area contributed by atoms with Gasteiger partial charge in [-0.05, 0) is 67.0 Å². The highest BCUT2D eigenvalue weighted by Crippen LogP contribution is 2.45. The molecule has 1 aliphatic heterocycles. The fourth-order valence-corrected chi connectivity index (χ4v) is 7.14. The van der Waals surface area contributed by atoms with Gasteiger partial charge in [-0.2, -0.15) is 0 Å².